The van der Waals surface area contributed by atoms with Gasteiger partial charge in [-0.1, -0.05) is 22.9 Å². The van der Waals surface area contributed by atoms with Crippen LogP contribution in [0.2, 0.25) is 5.02 Å². The van der Waals surface area contributed by atoms with Crippen molar-refractivity contribution in [3.8, 4) is 0 Å². The van der Waals surface area contributed by atoms with Gasteiger partial charge in [-0.2, -0.15) is 0 Å². The van der Waals surface area contributed by atoms with E-state index in [4.69, 9.17) is 11.6 Å². The number of aromatic nitrogens is 1. The molecule has 0 atom stereocenters. The van der Waals surface area contributed by atoms with E-state index in [0.717, 1.165) is 21.9 Å². The fourth-order valence-corrected chi connectivity index (χ4v) is 2.25. The highest BCUT2D eigenvalue weighted by Crippen LogP contribution is 2.29. The van der Waals surface area contributed by atoms with Gasteiger partial charge in [0.2, 0.25) is 0 Å². The maximum atomic E-state index is 13.1. The van der Waals surface area contributed by atoms with Gasteiger partial charge in [-0.05, 0) is 19.1 Å². The van der Waals surface area contributed by atoms with E-state index < -0.39 is 5.82 Å². The molecule has 0 spiro atoms. The highest BCUT2D eigenvalue weighted by atomic mass is 35.5. The highest BCUT2D eigenvalue weighted by Gasteiger charge is 2.07. The van der Waals surface area contributed by atoms with Crippen LogP contribution in [-0.2, 0) is 0 Å². The molecular weight excluding hydrogens is 223 g/mol. The number of anilines is 1. The zero-order valence-corrected chi connectivity index (χ0v) is 9.05. The molecule has 1 heterocycles. The fourth-order valence-electron chi connectivity index (χ4n) is 1.15. The topological polar surface area (TPSA) is 24.9 Å². The number of thiazole rings is 1. The molecule has 2 rings (SSSR count). The number of nitrogens with zero attached hydrogens (tertiary/aromatic N) is 1. The molecule has 5 heteroatoms. The Labute approximate surface area is 89.7 Å². The predicted octanol–water partition coefficient (Wildman–Crippen LogP) is 3.52. The Kier molecular flexibility index (Phi) is 2.56. The van der Waals surface area contributed by atoms with Crippen molar-refractivity contribution < 1.29 is 4.39 Å². The van der Waals surface area contributed by atoms with Gasteiger partial charge in [0, 0.05) is 6.54 Å². The van der Waals surface area contributed by atoms with Gasteiger partial charge in [-0.25, -0.2) is 9.37 Å². The molecule has 0 aliphatic carbocycles. The van der Waals surface area contributed by atoms with Gasteiger partial charge in [0.1, 0.15) is 5.82 Å². The normalized spacial score (nSPS) is 10.8. The number of benzene rings is 1. The summed E-state index contributed by atoms with van der Waals surface area (Å²) in [6.45, 7) is 2.79. The van der Waals surface area contributed by atoms with Crippen molar-refractivity contribution in [1.29, 1.82) is 0 Å². The number of hydrogen-bond donors (Lipinski definition) is 1. The maximum absolute atomic E-state index is 13.1. The molecule has 0 radical (unpaired) electrons. The van der Waals surface area contributed by atoms with Gasteiger partial charge in [-0.3, -0.25) is 0 Å². The minimum absolute atomic E-state index is 0.117. The van der Waals surface area contributed by atoms with Crippen LogP contribution in [0.1, 0.15) is 6.92 Å². The number of halogens is 2. The van der Waals surface area contributed by atoms with Gasteiger partial charge in [0.05, 0.1) is 15.2 Å². The van der Waals surface area contributed by atoms with E-state index in [0.29, 0.717) is 0 Å². The Morgan fingerprint density at radius 1 is 1.57 bits per heavy atom. The Morgan fingerprint density at radius 3 is 3.07 bits per heavy atom. The van der Waals surface area contributed by atoms with E-state index in [9.17, 15) is 4.39 Å². The first kappa shape index (κ1) is 9.68. The Hall–Kier alpha value is -0.870. The van der Waals surface area contributed by atoms with Crippen LogP contribution in [0.4, 0.5) is 9.52 Å². The summed E-state index contributed by atoms with van der Waals surface area (Å²) in [7, 11) is 0. The first-order valence-corrected chi connectivity index (χ1v) is 5.39. The first-order valence-electron chi connectivity index (χ1n) is 4.20. The molecule has 14 heavy (non-hydrogen) atoms. The molecule has 2 aromatic rings. The van der Waals surface area contributed by atoms with Crippen molar-refractivity contribution >= 4 is 38.3 Å². The highest BCUT2D eigenvalue weighted by molar-refractivity contribution is 7.22. The average molecular weight is 231 g/mol. The van der Waals surface area contributed by atoms with Gasteiger partial charge >= 0.3 is 0 Å². The number of nitrogens with one attached hydrogen (secondary N) is 1. The molecule has 0 aliphatic heterocycles. The van der Waals surface area contributed by atoms with Crippen LogP contribution in [0.3, 0.4) is 0 Å². The maximum Gasteiger partial charge on any atom is 0.183 e. The molecule has 74 valence electrons. The lowest BCUT2D eigenvalue weighted by Crippen LogP contribution is -1.94. The van der Waals surface area contributed by atoms with Gasteiger partial charge in [-0.15, -0.1) is 0 Å². The van der Waals surface area contributed by atoms with Crippen LogP contribution in [0.15, 0.2) is 12.1 Å². The summed E-state index contributed by atoms with van der Waals surface area (Å²) in [6, 6.07) is 2.96. The minimum atomic E-state index is -0.397. The van der Waals surface area contributed by atoms with Crippen LogP contribution in [0, 0.1) is 5.82 Å². The van der Waals surface area contributed by atoms with Crippen LogP contribution in [0.25, 0.3) is 10.2 Å². The molecule has 0 amide bonds. The molecule has 1 aromatic heterocycles. The zero-order valence-electron chi connectivity index (χ0n) is 7.47. The summed E-state index contributed by atoms with van der Waals surface area (Å²) >= 11 is 7.07. The second-order valence-corrected chi connectivity index (χ2v) is 4.22. The molecule has 1 N–H and O–H groups in total. The Balaban J connectivity index is 2.54. The van der Waals surface area contributed by atoms with Crippen LogP contribution in [0.5, 0.6) is 0 Å². The number of hydrogen-bond acceptors (Lipinski definition) is 3. The van der Waals surface area contributed by atoms with Crippen molar-refractivity contribution in [1.82, 2.24) is 4.98 Å². The third-order valence-electron chi connectivity index (χ3n) is 1.76. The number of fused-ring (bicyclic) bond motifs is 1. The van der Waals surface area contributed by atoms with E-state index >= 15 is 0 Å². The Morgan fingerprint density at radius 2 is 2.36 bits per heavy atom. The lowest BCUT2D eigenvalue weighted by Gasteiger charge is -1.92. The van der Waals surface area contributed by atoms with Crippen molar-refractivity contribution in [2.24, 2.45) is 0 Å². The van der Waals surface area contributed by atoms with Crippen LogP contribution < -0.4 is 5.32 Å². The van der Waals surface area contributed by atoms with Crippen molar-refractivity contribution in [2.45, 2.75) is 6.92 Å². The lowest BCUT2D eigenvalue weighted by atomic mass is 10.3. The Bertz CT molecular complexity index is 430. The summed E-state index contributed by atoms with van der Waals surface area (Å²) in [5.74, 6) is -0.397. The monoisotopic (exact) mass is 230 g/mol. The summed E-state index contributed by atoms with van der Waals surface area (Å²) in [5, 5.41) is 3.99. The van der Waals surface area contributed by atoms with Crippen molar-refractivity contribution in [2.75, 3.05) is 11.9 Å². The van der Waals surface area contributed by atoms with Gasteiger partial charge in [0.15, 0.2) is 5.13 Å². The quantitative estimate of drug-likeness (QED) is 0.854. The summed E-state index contributed by atoms with van der Waals surface area (Å²) in [4.78, 5) is 4.26. The van der Waals surface area contributed by atoms with Crippen molar-refractivity contribution in [3.63, 3.8) is 0 Å². The first-order chi connectivity index (χ1) is 6.70. The molecule has 0 saturated carbocycles. The standard InChI is InChI=1S/C9H8ClFN2S/c1-2-12-9-13-7-3-5(10)6(11)4-8(7)14-9/h3-4H,2H2,1H3,(H,12,13). The second kappa shape index (κ2) is 3.71. The summed E-state index contributed by atoms with van der Waals surface area (Å²) in [5.41, 5.74) is 0.734. The minimum Gasteiger partial charge on any atom is -0.362 e. The zero-order chi connectivity index (χ0) is 10.1. The molecule has 2 nitrogen and oxygen atoms in total. The molecule has 0 aliphatic rings. The SMILES string of the molecule is CCNc1nc2cc(Cl)c(F)cc2s1. The van der Waals surface area contributed by atoms with Crippen LogP contribution >= 0.6 is 22.9 Å². The van der Waals surface area contributed by atoms with Gasteiger partial charge in [0.25, 0.3) is 0 Å². The third kappa shape index (κ3) is 1.67. The van der Waals surface area contributed by atoms with Gasteiger partial charge < -0.3 is 5.32 Å². The largest absolute Gasteiger partial charge is 0.362 e. The predicted molar refractivity (Wildman–Crippen MR) is 58.8 cm³/mol. The van der Waals surface area contributed by atoms with E-state index in [1.165, 1.54) is 17.4 Å². The third-order valence-corrected chi connectivity index (χ3v) is 3.02. The second-order valence-electron chi connectivity index (χ2n) is 2.78. The lowest BCUT2D eigenvalue weighted by molar-refractivity contribution is 0.630. The van der Waals surface area contributed by atoms with E-state index in [1.54, 1.807) is 6.07 Å². The smallest absolute Gasteiger partial charge is 0.183 e. The molecular formula is C9H8ClFN2S. The summed E-state index contributed by atoms with van der Waals surface area (Å²) in [6.07, 6.45) is 0. The molecule has 0 saturated heterocycles. The molecule has 1 aromatic carbocycles. The molecule has 0 unspecified atom stereocenters. The molecule has 0 bridgehead atoms. The van der Waals surface area contributed by atoms with E-state index in [2.05, 4.69) is 10.3 Å². The molecule has 0 fully saturated rings. The fraction of sp³-hybridized carbons (Fsp3) is 0.222. The van der Waals surface area contributed by atoms with Crippen LogP contribution in [-0.4, -0.2) is 11.5 Å². The average Bonchev–Trinajstić information content (AvgIpc) is 2.48. The van der Waals surface area contributed by atoms with E-state index in [-0.39, 0.29) is 5.02 Å². The van der Waals surface area contributed by atoms with E-state index in [1.807, 2.05) is 6.92 Å². The van der Waals surface area contributed by atoms with Crippen molar-refractivity contribution in [3.05, 3.63) is 23.0 Å². The number of rotatable bonds is 2. The summed E-state index contributed by atoms with van der Waals surface area (Å²) < 4.78 is 13.9.